The molecule has 0 saturated heterocycles. The summed E-state index contributed by atoms with van der Waals surface area (Å²) in [5, 5.41) is 3.36. The Bertz CT molecular complexity index is 511. The molecule has 17 heavy (non-hydrogen) atoms. The summed E-state index contributed by atoms with van der Waals surface area (Å²) in [4.78, 5) is 0. The van der Waals surface area contributed by atoms with Gasteiger partial charge in [0.1, 0.15) is 5.76 Å². The van der Waals surface area contributed by atoms with E-state index in [2.05, 4.69) is 56.2 Å². The SMILES string of the molecule is Cc1cc(Br)c(NCc2occc2C)c(Br)c1. The first kappa shape index (κ1) is 12.7. The molecule has 0 spiro atoms. The van der Waals surface area contributed by atoms with E-state index in [0.717, 1.165) is 26.0 Å². The fourth-order valence-corrected chi connectivity index (χ4v) is 3.32. The molecule has 2 rings (SSSR count). The number of halogens is 2. The number of furan rings is 1. The summed E-state index contributed by atoms with van der Waals surface area (Å²) < 4.78 is 7.50. The Balaban J connectivity index is 2.17. The van der Waals surface area contributed by atoms with Gasteiger partial charge in [-0.25, -0.2) is 0 Å². The normalized spacial score (nSPS) is 10.6. The molecule has 0 radical (unpaired) electrons. The number of benzene rings is 1. The Morgan fingerprint density at radius 1 is 1.18 bits per heavy atom. The molecule has 1 aromatic heterocycles. The minimum Gasteiger partial charge on any atom is -0.467 e. The summed E-state index contributed by atoms with van der Waals surface area (Å²) in [6.07, 6.45) is 1.71. The standard InChI is InChI=1S/C13H13Br2NO/c1-8-5-10(14)13(11(15)6-8)16-7-12-9(2)3-4-17-12/h3-6,16H,7H2,1-2H3. The predicted octanol–water partition coefficient (Wildman–Crippen LogP) is 5.03. The Morgan fingerprint density at radius 2 is 1.82 bits per heavy atom. The molecule has 1 heterocycles. The minimum atomic E-state index is 0.680. The zero-order chi connectivity index (χ0) is 12.4. The first-order chi connectivity index (χ1) is 8.08. The lowest BCUT2D eigenvalue weighted by molar-refractivity contribution is 0.515. The Hall–Kier alpha value is -0.740. The number of anilines is 1. The summed E-state index contributed by atoms with van der Waals surface area (Å²) >= 11 is 7.12. The van der Waals surface area contributed by atoms with Gasteiger partial charge in [0.15, 0.2) is 0 Å². The summed E-state index contributed by atoms with van der Waals surface area (Å²) in [5.74, 6) is 0.962. The van der Waals surface area contributed by atoms with Gasteiger partial charge in [0.25, 0.3) is 0 Å². The number of hydrogen-bond acceptors (Lipinski definition) is 2. The lowest BCUT2D eigenvalue weighted by Crippen LogP contribution is -2.01. The summed E-state index contributed by atoms with van der Waals surface area (Å²) in [5.41, 5.74) is 3.42. The van der Waals surface area contributed by atoms with Crippen LogP contribution < -0.4 is 5.32 Å². The molecule has 4 heteroatoms. The fourth-order valence-electron chi connectivity index (χ4n) is 1.62. The third-order valence-electron chi connectivity index (χ3n) is 2.58. The van der Waals surface area contributed by atoms with Crippen molar-refractivity contribution in [1.29, 1.82) is 0 Å². The van der Waals surface area contributed by atoms with E-state index in [4.69, 9.17) is 4.42 Å². The van der Waals surface area contributed by atoms with Crippen molar-refractivity contribution in [3.05, 3.63) is 50.3 Å². The smallest absolute Gasteiger partial charge is 0.125 e. The van der Waals surface area contributed by atoms with Crippen LogP contribution in [-0.2, 0) is 6.54 Å². The number of nitrogens with one attached hydrogen (secondary N) is 1. The molecule has 2 nitrogen and oxygen atoms in total. The lowest BCUT2D eigenvalue weighted by Gasteiger charge is -2.11. The van der Waals surface area contributed by atoms with Gasteiger partial charge in [0, 0.05) is 8.95 Å². The maximum Gasteiger partial charge on any atom is 0.125 e. The van der Waals surface area contributed by atoms with Gasteiger partial charge in [-0.3, -0.25) is 0 Å². The maximum absolute atomic E-state index is 5.40. The minimum absolute atomic E-state index is 0.680. The summed E-state index contributed by atoms with van der Waals surface area (Å²) in [7, 11) is 0. The van der Waals surface area contributed by atoms with Crippen LogP contribution in [0.1, 0.15) is 16.9 Å². The monoisotopic (exact) mass is 357 g/mol. The number of hydrogen-bond donors (Lipinski definition) is 1. The van der Waals surface area contributed by atoms with Gasteiger partial charge in [0.05, 0.1) is 18.5 Å². The van der Waals surface area contributed by atoms with Crippen LogP contribution in [0, 0.1) is 13.8 Å². The Kier molecular flexibility index (Phi) is 3.94. The maximum atomic E-state index is 5.40. The molecule has 1 N–H and O–H groups in total. The van der Waals surface area contributed by atoms with Crippen molar-refractivity contribution in [2.75, 3.05) is 5.32 Å². The second-order valence-electron chi connectivity index (χ2n) is 3.98. The average molecular weight is 359 g/mol. The van der Waals surface area contributed by atoms with Gasteiger partial charge in [-0.1, -0.05) is 0 Å². The van der Waals surface area contributed by atoms with Crippen LogP contribution in [0.5, 0.6) is 0 Å². The van der Waals surface area contributed by atoms with Crippen molar-refractivity contribution in [2.24, 2.45) is 0 Å². The molecule has 0 aliphatic heterocycles. The number of rotatable bonds is 3. The molecular weight excluding hydrogens is 346 g/mol. The zero-order valence-electron chi connectivity index (χ0n) is 9.68. The Morgan fingerprint density at radius 3 is 2.35 bits per heavy atom. The Labute approximate surface area is 118 Å². The van der Waals surface area contributed by atoms with Crippen LogP contribution >= 0.6 is 31.9 Å². The first-order valence-electron chi connectivity index (χ1n) is 5.30. The molecule has 0 atom stereocenters. The van der Waals surface area contributed by atoms with E-state index in [1.165, 1.54) is 5.56 Å². The van der Waals surface area contributed by atoms with Crippen molar-refractivity contribution < 1.29 is 4.42 Å². The molecule has 0 aliphatic rings. The van der Waals surface area contributed by atoms with Gasteiger partial charge in [-0.05, 0) is 75.0 Å². The molecule has 0 unspecified atom stereocenters. The van der Waals surface area contributed by atoms with Crippen LogP contribution in [-0.4, -0.2) is 0 Å². The molecule has 0 aliphatic carbocycles. The van der Waals surface area contributed by atoms with Crippen molar-refractivity contribution in [2.45, 2.75) is 20.4 Å². The van der Waals surface area contributed by atoms with Gasteiger partial charge in [0.2, 0.25) is 0 Å². The molecule has 0 bridgehead atoms. The predicted molar refractivity (Wildman–Crippen MR) is 77.4 cm³/mol. The highest BCUT2D eigenvalue weighted by molar-refractivity contribution is 9.11. The molecule has 0 amide bonds. The molecule has 2 aromatic rings. The second kappa shape index (κ2) is 5.27. The highest BCUT2D eigenvalue weighted by Crippen LogP contribution is 2.32. The van der Waals surface area contributed by atoms with Crippen LogP contribution in [0.25, 0.3) is 0 Å². The molecule has 0 fully saturated rings. The van der Waals surface area contributed by atoms with Gasteiger partial charge >= 0.3 is 0 Å². The van der Waals surface area contributed by atoms with Gasteiger partial charge in [-0.15, -0.1) is 0 Å². The van der Waals surface area contributed by atoms with Crippen LogP contribution in [0.3, 0.4) is 0 Å². The molecular formula is C13H13Br2NO. The van der Waals surface area contributed by atoms with Gasteiger partial charge < -0.3 is 9.73 Å². The largest absolute Gasteiger partial charge is 0.467 e. The second-order valence-corrected chi connectivity index (χ2v) is 5.69. The first-order valence-corrected chi connectivity index (χ1v) is 6.89. The zero-order valence-corrected chi connectivity index (χ0v) is 12.9. The van der Waals surface area contributed by atoms with Gasteiger partial charge in [-0.2, -0.15) is 0 Å². The van der Waals surface area contributed by atoms with Crippen LogP contribution in [0.15, 0.2) is 37.8 Å². The molecule has 90 valence electrons. The highest BCUT2D eigenvalue weighted by atomic mass is 79.9. The van der Waals surface area contributed by atoms with E-state index >= 15 is 0 Å². The third-order valence-corrected chi connectivity index (χ3v) is 3.83. The van der Waals surface area contributed by atoms with E-state index in [1.54, 1.807) is 6.26 Å². The number of aryl methyl sites for hydroxylation is 2. The average Bonchev–Trinajstić information content (AvgIpc) is 2.62. The topological polar surface area (TPSA) is 25.2 Å². The van der Waals surface area contributed by atoms with E-state index < -0.39 is 0 Å². The van der Waals surface area contributed by atoms with E-state index in [-0.39, 0.29) is 0 Å². The van der Waals surface area contributed by atoms with Crippen molar-refractivity contribution in [3.63, 3.8) is 0 Å². The van der Waals surface area contributed by atoms with E-state index in [9.17, 15) is 0 Å². The van der Waals surface area contributed by atoms with Crippen molar-refractivity contribution in [1.82, 2.24) is 0 Å². The lowest BCUT2D eigenvalue weighted by atomic mass is 10.2. The molecule has 1 aromatic carbocycles. The quantitative estimate of drug-likeness (QED) is 0.831. The van der Waals surface area contributed by atoms with E-state index in [0.29, 0.717) is 6.54 Å². The molecule has 0 saturated carbocycles. The van der Waals surface area contributed by atoms with Crippen LogP contribution in [0.4, 0.5) is 5.69 Å². The summed E-state index contributed by atoms with van der Waals surface area (Å²) in [6, 6.07) is 6.14. The fraction of sp³-hybridized carbons (Fsp3) is 0.231. The third kappa shape index (κ3) is 2.93. The van der Waals surface area contributed by atoms with Crippen LogP contribution in [0.2, 0.25) is 0 Å². The highest BCUT2D eigenvalue weighted by Gasteiger charge is 2.07. The van der Waals surface area contributed by atoms with Crippen molar-refractivity contribution >= 4 is 37.5 Å². The summed E-state index contributed by atoms with van der Waals surface area (Å²) in [6.45, 7) is 4.79. The van der Waals surface area contributed by atoms with E-state index in [1.807, 2.05) is 13.0 Å². The van der Waals surface area contributed by atoms with Crippen molar-refractivity contribution in [3.8, 4) is 0 Å².